The SMILES string of the molecule is COC(C)(C)C(O)CN1CC(C)(C)OC(C)(C)C1. The van der Waals surface area contributed by atoms with Crippen LogP contribution in [0, 0.1) is 0 Å². The number of hydrogen-bond donors (Lipinski definition) is 1. The minimum absolute atomic E-state index is 0.182. The van der Waals surface area contributed by atoms with Crippen LogP contribution in [0.3, 0.4) is 0 Å². The van der Waals surface area contributed by atoms with Gasteiger partial charge in [-0.3, -0.25) is 4.90 Å². The van der Waals surface area contributed by atoms with Crippen LogP contribution in [0.25, 0.3) is 0 Å². The number of morpholine rings is 1. The van der Waals surface area contributed by atoms with Gasteiger partial charge in [-0.1, -0.05) is 0 Å². The molecule has 1 atom stereocenters. The van der Waals surface area contributed by atoms with E-state index in [1.54, 1.807) is 7.11 Å². The number of aliphatic hydroxyl groups excluding tert-OH is 1. The van der Waals surface area contributed by atoms with E-state index in [1.165, 1.54) is 0 Å². The lowest BCUT2D eigenvalue weighted by atomic mass is 9.96. The largest absolute Gasteiger partial charge is 0.389 e. The third kappa shape index (κ3) is 4.19. The van der Waals surface area contributed by atoms with Gasteiger partial charge in [0.05, 0.1) is 22.9 Å². The molecular weight excluding hydrogens is 230 g/mol. The Morgan fingerprint density at radius 1 is 1.22 bits per heavy atom. The molecule has 4 heteroatoms. The molecule has 1 rings (SSSR count). The molecule has 1 fully saturated rings. The Kier molecular flexibility index (Phi) is 4.49. The summed E-state index contributed by atoms with van der Waals surface area (Å²) in [6, 6.07) is 0. The first-order chi connectivity index (χ1) is 7.97. The highest BCUT2D eigenvalue weighted by atomic mass is 16.5. The van der Waals surface area contributed by atoms with E-state index in [4.69, 9.17) is 9.47 Å². The zero-order chi connectivity index (χ0) is 14.2. The number of methoxy groups -OCH3 is 1. The molecule has 0 spiro atoms. The van der Waals surface area contributed by atoms with Gasteiger partial charge in [-0.05, 0) is 41.5 Å². The molecule has 1 unspecified atom stereocenters. The Balaban J connectivity index is 2.67. The molecule has 0 radical (unpaired) electrons. The minimum Gasteiger partial charge on any atom is -0.389 e. The number of nitrogens with zero attached hydrogens (tertiary/aromatic N) is 1. The fraction of sp³-hybridized carbons (Fsp3) is 1.00. The number of hydrogen-bond acceptors (Lipinski definition) is 4. The van der Waals surface area contributed by atoms with Crippen LogP contribution in [-0.2, 0) is 9.47 Å². The van der Waals surface area contributed by atoms with E-state index in [0.717, 1.165) is 13.1 Å². The molecule has 0 aliphatic carbocycles. The zero-order valence-electron chi connectivity index (χ0n) is 12.9. The molecular formula is C14H29NO3. The van der Waals surface area contributed by atoms with Gasteiger partial charge >= 0.3 is 0 Å². The van der Waals surface area contributed by atoms with Crippen LogP contribution in [0.1, 0.15) is 41.5 Å². The van der Waals surface area contributed by atoms with Gasteiger partial charge in [0.2, 0.25) is 0 Å². The summed E-state index contributed by atoms with van der Waals surface area (Å²) in [5.74, 6) is 0. The van der Waals surface area contributed by atoms with Gasteiger partial charge in [0.15, 0.2) is 0 Å². The zero-order valence-corrected chi connectivity index (χ0v) is 12.9. The number of rotatable bonds is 4. The van der Waals surface area contributed by atoms with E-state index < -0.39 is 11.7 Å². The predicted octanol–water partition coefficient (Wildman–Crippen LogP) is 1.66. The lowest BCUT2D eigenvalue weighted by molar-refractivity contribution is -0.190. The molecule has 18 heavy (non-hydrogen) atoms. The van der Waals surface area contributed by atoms with E-state index in [2.05, 4.69) is 32.6 Å². The van der Waals surface area contributed by atoms with Gasteiger partial charge < -0.3 is 14.6 Å². The van der Waals surface area contributed by atoms with Crippen molar-refractivity contribution in [2.45, 2.75) is 64.4 Å². The maximum absolute atomic E-state index is 10.3. The normalized spacial score (nSPS) is 26.0. The van der Waals surface area contributed by atoms with Gasteiger partial charge in [-0.25, -0.2) is 0 Å². The van der Waals surface area contributed by atoms with Crippen molar-refractivity contribution in [3.8, 4) is 0 Å². The van der Waals surface area contributed by atoms with E-state index in [-0.39, 0.29) is 11.2 Å². The lowest BCUT2D eigenvalue weighted by Crippen LogP contribution is -2.59. The van der Waals surface area contributed by atoms with Crippen molar-refractivity contribution in [1.29, 1.82) is 0 Å². The first kappa shape index (κ1) is 15.9. The molecule has 1 heterocycles. The Bertz CT molecular complexity index is 271. The summed E-state index contributed by atoms with van der Waals surface area (Å²) in [7, 11) is 1.64. The molecule has 0 aromatic rings. The second kappa shape index (κ2) is 5.08. The second-order valence-electron chi connectivity index (χ2n) is 7.11. The third-order valence-corrected chi connectivity index (χ3v) is 3.52. The van der Waals surface area contributed by atoms with Crippen molar-refractivity contribution >= 4 is 0 Å². The van der Waals surface area contributed by atoms with Crippen molar-refractivity contribution in [1.82, 2.24) is 4.90 Å². The number of β-amino-alcohol motifs (C(OH)–C–C–N with tert-alkyl or cyclic N) is 1. The Morgan fingerprint density at radius 2 is 1.67 bits per heavy atom. The molecule has 0 aromatic heterocycles. The standard InChI is InChI=1S/C14H29NO3/c1-12(2)9-15(10-13(3,4)18-12)8-11(16)14(5,6)17-7/h11,16H,8-10H2,1-7H3. The molecule has 0 saturated carbocycles. The molecule has 0 aromatic carbocycles. The molecule has 108 valence electrons. The highest BCUT2D eigenvalue weighted by Gasteiger charge is 2.40. The topological polar surface area (TPSA) is 41.9 Å². The summed E-state index contributed by atoms with van der Waals surface area (Å²) >= 11 is 0. The smallest absolute Gasteiger partial charge is 0.0950 e. The maximum Gasteiger partial charge on any atom is 0.0950 e. The maximum atomic E-state index is 10.3. The van der Waals surface area contributed by atoms with Gasteiger partial charge in [-0.15, -0.1) is 0 Å². The average Bonchev–Trinajstić information content (AvgIpc) is 2.12. The van der Waals surface area contributed by atoms with E-state index >= 15 is 0 Å². The van der Waals surface area contributed by atoms with Crippen LogP contribution in [0.2, 0.25) is 0 Å². The monoisotopic (exact) mass is 259 g/mol. The van der Waals surface area contributed by atoms with Crippen LogP contribution in [-0.4, -0.2) is 59.7 Å². The molecule has 0 bridgehead atoms. The van der Waals surface area contributed by atoms with Crippen molar-refractivity contribution in [3.63, 3.8) is 0 Å². The van der Waals surface area contributed by atoms with Crippen molar-refractivity contribution in [2.24, 2.45) is 0 Å². The Labute approximate surface area is 111 Å². The summed E-state index contributed by atoms with van der Waals surface area (Å²) in [6.45, 7) is 14.5. The van der Waals surface area contributed by atoms with Crippen molar-refractivity contribution < 1.29 is 14.6 Å². The van der Waals surface area contributed by atoms with E-state index in [9.17, 15) is 5.11 Å². The van der Waals surface area contributed by atoms with Gasteiger partial charge in [0.1, 0.15) is 0 Å². The summed E-state index contributed by atoms with van der Waals surface area (Å²) in [5.41, 5.74) is -0.885. The Morgan fingerprint density at radius 3 is 2.06 bits per heavy atom. The van der Waals surface area contributed by atoms with Gasteiger partial charge in [-0.2, -0.15) is 0 Å². The van der Waals surface area contributed by atoms with Gasteiger partial charge in [0, 0.05) is 26.7 Å². The number of ether oxygens (including phenoxy) is 2. The highest BCUT2D eigenvalue weighted by molar-refractivity contribution is 4.91. The van der Waals surface area contributed by atoms with Crippen LogP contribution in [0.5, 0.6) is 0 Å². The van der Waals surface area contributed by atoms with Crippen LogP contribution >= 0.6 is 0 Å². The summed E-state index contributed by atoms with van der Waals surface area (Å²) in [6.07, 6.45) is -0.507. The highest BCUT2D eigenvalue weighted by Crippen LogP contribution is 2.28. The first-order valence-corrected chi connectivity index (χ1v) is 6.63. The van der Waals surface area contributed by atoms with Crippen LogP contribution < -0.4 is 0 Å². The van der Waals surface area contributed by atoms with Crippen LogP contribution in [0.15, 0.2) is 0 Å². The molecule has 0 amide bonds. The summed E-state index contributed by atoms with van der Waals surface area (Å²) < 4.78 is 11.4. The van der Waals surface area contributed by atoms with Crippen molar-refractivity contribution in [3.05, 3.63) is 0 Å². The molecule has 1 N–H and O–H groups in total. The van der Waals surface area contributed by atoms with E-state index in [1.807, 2.05) is 13.8 Å². The number of aliphatic hydroxyl groups is 1. The summed E-state index contributed by atoms with van der Waals surface area (Å²) in [5, 5.41) is 10.3. The predicted molar refractivity (Wildman–Crippen MR) is 72.8 cm³/mol. The molecule has 1 aliphatic heterocycles. The first-order valence-electron chi connectivity index (χ1n) is 6.63. The fourth-order valence-electron chi connectivity index (χ4n) is 2.67. The third-order valence-electron chi connectivity index (χ3n) is 3.52. The molecule has 1 saturated heterocycles. The Hall–Kier alpha value is -0.160. The minimum atomic E-state index is -0.521. The molecule has 4 nitrogen and oxygen atoms in total. The van der Waals surface area contributed by atoms with E-state index in [0.29, 0.717) is 6.54 Å². The lowest BCUT2D eigenvalue weighted by Gasteiger charge is -2.48. The van der Waals surface area contributed by atoms with Crippen LogP contribution in [0.4, 0.5) is 0 Å². The van der Waals surface area contributed by atoms with Crippen molar-refractivity contribution in [2.75, 3.05) is 26.7 Å². The second-order valence-corrected chi connectivity index (χ2v) is 7.11. The average molecular weight is 259 g/mol. The van der Waals surface area contributed by atoms with Gasteiger partial charge in [0.25, 0.3) is 0 Å². The summed E-state index contributed by atoms with van der Waals surface area (Å²) in [4.78, 5) is 2.26. The molecule has 1 aliphatic rings. The fourth-order valence-corrected chi connectivity index (χ4v) is 2.67. The quantitative estimate of drug-likeness (QED) is 0.834.